The molecule has 0 radical (unpaired) electrons. The first kappa shape index (κ1) is 26.1. The van der Waals surface area contributed by atoms with Crippen molar-refractivity contribution in [1.82, 2.24) is 0 Å². The SMILES string of the molecule is CCOC(=O)c1ccc(NC(=O)C(C)N(c2ccc(Oc3ccccc3)cc2)S(C)(=O)=O)c(Cl)c1. The first-order valence-electron chi connectivity index (χ1n) is 10.7. The van der Waals surface area contributed by atoms with E-state index >= 15 is 0 Å². The Bertz CT molecular complexity index is 1300. The van der Waals surface area contributed by atoms with E-state index in [2.05, 4.69) is 5.32 Å². The van der Waals surface area contributed by atoms with E-state index < -0.39 is 27.9 Å². The van der Waals surface area contributed by atoms with Gasteiger partial charge in [-0.2, -0.15) is 0 Å². The normalized spacial score (nSPS) is 11.9. The summed E-state index contributed by atoms with van der Waals surface area (Å²) in [7, 11) is -3.82. The molecular weight excluding hydrogens is 492 g/mol. The summed E-state index contributed by atoms with van der Waals surface area (Å²) in [6.07, 6.45) is 1.02. The molecule has 3 rings (SSSR count). The molecule has 0 heterocycles. The molecule has 0 saturated heterocycles. The van der Waals surface area contributed by atoms with Gasteiger partial charge < -0.3 is 14.8 Å². The summed E-state index contributed by atoms with van der Waals surface area (Å²) in [6.45, 7) is 3.37. The standard InChI is InChI=1S/C25H25ClN2O6S/c1-4-33-25(30)18-10-15-23(22(26)16-18)27-24(29)17(2)28(35(3,31)32)19-11-13-21(14-12-19)34-20-8-6-5-7-9-20/h5-17H,4H2,1-3H3,(H,27,29). The molecule has 1 N–H and O–H groups in total. The van der Waals surface area contributed by atoms with Gasteiger partial charge in [-0.1, -0.05) is 29.8 Å². The molecule has 1 amide bonds. The number of carbonyl (C=O) groups excluding carboxylic acids is 2. The van der Waals surface area contributed by atoms with Gasteiger partial charge in [0.2, 0.25) is 15.9 Å². The van der Waals surface area contributed by atoms with Gasteiger partial charge in [-0.25, -0.2) is 13.2 Å². The average molecular weight is 517 g/mol. The van der Waals surface area contributed by atoms with Crippen LogP contribution in [0.5, 0.6) is 11.5 Å². The summed E-state index contributed by atoms with van der Waals surface area (Å²) in [6, 6.07) is 18.7. The first-order valence-corrected chi connectivity index (χ1v) is 12.9. The van der Waals surface area contributed by atoms with Gasteiger partial charge in [0.1, 0.15) is 17.5 Å². The fourth-order valence-electron chi connectivity index (χ4n) is 3.29. The lowest BCUT2D eigenvalue weighted by Crippen LogP contribution is -2.45. The van der Waals surface area contributed by atoms with Crippen molar-refractivity contribution < 1.29 is 27.5 Å². The van der Waals surface area contributed by atoms with Crippen molar-refractivity contribution in [2.75, 3.05) is 22.5 Å². The number of hydrogen-bond acceptors (Lipinski definition) is 6. The quantitative estimate of drug-likeness (QED) is 0.397. The van der Waals surface area contributed by atoms with Crippen LogP contribution in [0.25, 0.3) is 0 Å². The second-order valence-corrected chi connectivity index (χ2v) is 9.81. The van der Waals surface area contributed by atoms with E-state index in [-0.39, 0.29) is 22.9 Å². The van der Waals surface area contributed by atoms with Gasteiger partial charge >= 0.3 is 5.97 Å². The number of esters is 1. The van der Waals surface area contributed by atoms with Gasteiger partial charge in [-0.15, -0.1) is 0 Å². The minimum absolute atomic E-state index is 0.115. The number of nitrogens with zero attached hydrogens (tertiary/aromatic N) is 1. The highest BCUT2D eigenvalue weighted by Crippen LogP contribution is 2.28. The minimum atomic E-state index is -3.82. The van der Waals surface area contributed by atoms with E-state index in [0.29, 0.717) is 17.2 Å². The summed E-state index contributed by atoms with van der Waals surface area (Å²) in [5, 5.41) is 2.74. The van der Waals surface area contributed by atoms with Crippen molar-refractivity contribution in [2.45, 2.75) is 19.9 Å². The highest BCUT2D eigenvalue weighted by Gasteiger charge is 2.29. The molecule has 8 nitrogen and oxygen atoms in total. The van der Waals surface area contributed by atoms with Crippen LogP contribution in [0.2, 0.25) is 5.02 Å². The molecule has 10 heteroatoms. The van der Waals surface area contributed by atoms with Gasteiger partial charge in [0.15, 0.2) is 0 Å². The van der Waals surface area contributed by atoms with Crippen molar-refractivity contribution >= 4 is 44.9 Å². The maximum absolute atomic E-state index is 13.0. The van der Waals surface area contributed by atoms with Crippen LogP contribution in [-0.2, 0) is 19.6 Å². The predicted octanol–water partition coefficient (Wildman–Crippen LogP) is 5.10. The summed E-state index contributed by atoms with van der Waals surface area (Å²) in [5.41, 5.74) is 0.759. The van der Waals surface area contributed by atoms with Gasteiger partial charge in [-0.05, 0) is 68.4 Å². The third-order valence-electron chi connectivity index (χ3n) is 4.90. The lowest BCUT2D eigenvalue weighted by atomic mass is 10.2. The van der Waals surface area contributed by atoms with Crippen LogP contribution in [0.1, 0.15) is 24.2 Å². The Morgan fingerprint density at radius 1 is 1.00 bits per heavy atom. The molecule has 0 saturated carbocycles. The molecule has 0 aliphatic carbocycles. The van der Waals surface area contributed by atoms with Crippen LogP contribution >= 0.6 is 11.6 Å². The lowest BCUT2D eigenvalue weighted by Gasteiger charge is -2.28. The number of anilines is 2. The number of halogens is 1. The van der Waals surface area contributed by atoms with E-state index in [4.69, 9.17) is 21.1 Å². The molecule has 0 aliphatic heterocycles. The topological polar surface area (TPSA) is 102 Å². The van der Waals surface area contributed by atoms with Crippen molar-refractivity contribution in [1.29, 1.82) is 0 Å². The first-order chi connectivity index (χ1) is 16.6. The largest absolute Gasteiger partial charge is 0.462 e. The molecule has 3 aromatic carbocycles. The second-order valence-electron chi connectivity index (χ2n) is 7.55. The van der Waals surface area contributed by atoms with E-state index in [1.807, 2.05) is 18.2 Å². The highest BCUT2D eigenvalue weighted by atomic mass is 35.5. The van der Waals surface area contributed by atoms with Gasteiger partial charge in [0, 0.05) is 0 Å². The maximum Gasteiger partial charge on any atom is 0.338 e. The Morgan fingerprint density at radius 3 is 2.20 bits per heavy atom. The van der Waals surface area contributed by atoms with E-state index in [9.17, 15) is 18.0 Å². The Kier molecular flexibility index (Phi) is 8.37. The Hall–Kier alpha value is -3.56. The third-order valence-corrected chi connectivity index (χ3v) is 6.45. The molecule has 1 atom stereocenters. The molecule has 0 fully saturated rings. The second kappa shape index (κ2) is 11.2. The number of para-hydroxylation sites is 1. The summed E-state index contributed by atoms with van der Waals surface area (Å²) >= 11 is 6.22. The van der Waals surface area contributed by atoms with Crippen molar-refractivity contribution in [3.63, 3.8) is 0 Å². The summed E-state index contributed by atoms with van der Waals surface area (Å²) < 4.78 is 36.9. The van der Waals surface area contributed by atoms with E-state index in [1.54, 1.807) is 43.3 Å². The highest BCUT2D eigenvalue weighted by molar-refractivity contribution is 7.92. The van der Waals surface area contributed by atoms with E-state index in [1.165, 1.54) is 25.1 Å². The molecule has 3 aromatic rings. The molecule has 35 heavy (non-hydrogen) atoms. The predicted molar refractivity (Wildman–Crippen MR) is 136 cm³/mol. The van der Waals surface area contributed by atoms with Gasteiger partial charge in [0.05, 0.1) is 34.8 Å². The number of sulfonamides is 1. The van der Waals surface area contributed by atoms with E-state index in [0.717, 1.165) is 10.6 Å². The number of rotatable bonds is 9. The van der Waals surface area contributed by atoms with Gasteiger partial charge in [0.25, 0.3) is 0 Å². The minimum Gasteiger partial charge on any atom is -0.462 e. The Labute approximate surface area is 209 Å². The molecule has 1 unspecified atom stereocenters. The zero-order valence-electron chi connectivity index (χ0n) is 19.4. The molecule has 0 spiro atoms. The van der Waals surface area contributed by atoms with Gasteiger partial charge in [-0.3, -0.25) is 9.10 Å². The average Bonchev–Trinajstić information content (AvgIpc) is 2.81. The zero-order valence-corrected chi connectivity index (χ0v) is 21.0. The maximum atomic E-state index is 13.0. The van der Waals surface area contributed by atoms with Crippen molar-refractivity contribution in [2.24, 2.45) is 0 Å². The number of amides is 1. The fourth-order valence-corrected chi connectivity index (χ4v) is 4.69. The summed E-state index contributed by atoms with van der Waals surface area (Å²) in [5.74, 6) is 0.00667. The molecule has 0 aromatic heterocycles. The number of ether oxygens (including phenoxy) is 2. The zero-order chi connectivity index (χ0) is 25.6. The molecule has 0 bridgehead atoms. The van der Waals surface area contributed by atoms with Crippen molar-refractivity contribution in [3.05, 3.63) is 83.4 Å². The molecular formula is C25H25ClN2O6S. The Balaban J connectivity index is 1.78. The number of hydrogen-bond donors (Lipinski definition) is 1. The molecule has 0 aliphatic rings. The summed E-state index contributed by atoms with van der Waals surface area (Å²) in [4.78, 5) is 24.8. The van der Waals surface area contributed by atoms with Crippen LogP contribution in [0.3, 0.4) is 0 Å². The fraction of sp³-hybridized carbons (Fsp3) is 0.200. The molecule has 184 valence electrons. The van der Waals surface area contributed by atoms with Crippen LogP contribution in [0, 0.1) is 0 Å². The number of nitrogens with one attached hydrogen (secondary N) is 1. The van der Waals surface area contributed by atoms with Crippen molar-refractivity contribution in [3.8, 4) is 11.5 Å². The Morgan fingerprint density at radius 2 is 1.63 bits per heavy atom. The smallest absolute Gasteiger partial charge is 0.338 e. The van der Waals surface area contributed by atoms with Crippen LogP contribution in [0.4, 0.5) is 11.4 Å². The third kappa shape index (κ3) is 6.74. The number of benzene rings is 3. The van der Waals surface area contributed by atoms with Crippen LogP contribution in [-0.4, -0.2) is 39.2 Å². The van der Waals surface area contributed by atoms with Crippen LogP contribution < -0.4 is 14.4 Å². The number of carbonyl (C=O) groups is 2. The monoisotopic (exact) mass is 516 g/mol. The van der Waals surface area contributed by atoms with Crippen LogP contribution in [0.15, 0.2) is 72.8 Å². The lowest BCUT2D eigenvalue weighted by molar-refractivity contribution is -0.116.